The van der Waals surface area contributed by atoms with Crippen LogP contribution in [0.3, 0.4) is 0 Å². The fourth-order valence-corrected chi connectivity index (χ4v) is 1.91. The minimum absolute atomic E-state index is 0.652. The van der Waals surface area contributed by atoms with Crippen molar-refractivity contribution in [1.82, 2.24) is 5.06 Å². The molecule has 1 aliphatic rings. The third-order valence-corrected chi connectivity index (χ3v) is 2.55. The van der Waals surface area contributed by atoms with E-state index in [1.165, 1.54) is 32.1 Å². The van der Waals surface area contributed by atoms with Gasteiger partial charge in [0.05, 0.1) is 6.61 Å². The third kappa shape index (κ3) is 3.49. The molecule has 2 heteroatoms. The largest absolute Gasteiger partial charge is 0.295 e. The van der Waals surface area contributed by atoms with Crippen molar-refractivity contribution in [2.75, 3.05) is 13.2 Å². The summed E-state index contributed by atoms with van der Waals surface area (Å²) in [4.78, 5) is 5.61. The molecule has 1 fully saturated rings. The molecule has 0 aromatic heterocycles. The van der Waals surface area contributed by atoms with E-state index in [-0.39, 0.29) is 0 Å². The summed E-state index contributed by atoms with van der Waals surface area (Å²) in [6.45, 7) is 7.65. The van der Waals surface area contributed by atoms with Crippen LogP contribution in [0.15, 0.2) is 12.7 Å². The van der Waals surface area contributed by atoms with Crippen molar-refractivity contribution < 1.29 is 4.84 Å². The molecule has 1 rings (SSSR count). The van der Waals surface area contributed by atoms with E-state index >= 15 is 0 Å². The first kappa shape index (κ1) is 10.7. The number of nitrogens with zero attached hydrogens (tertiary/aromatic N) is 1. The zero-order valence-electron chi connectivity index (χ0n) is 8.67. The second-order valence-corrected chi connectivity index (χ2v) is 3.66. The quantitative estimate of drug-likeness (QED) is 0.608. The molecule has 0 spiro atoms. The summed E-state index contributed by atoms with van der Waals surface area (Å²) in [5.41, 5.74) is 0. The Bertz CT molecular complexity index is 145. The van der Waals surface area contributed by atoms with E-state index in [1.807, 2.05) is 6.08 Å². The smallest absolute Gasteiger partial charge is 0.0864 e. The van der Waals surface area contributed by atoms with Gasteiger partial charge in [0.1, 0.15) is 0 Å². The minimum Gasteiger partial charge on any atom is -0.295 e. The van der Waals surface area contributed by atoms with Gasteiger partial charge in [0.15, 0.2) is 0 Å². The molecular weight excluding hydrogens is 162 g/mol. The summed E-state index contributed by atoms with van der Waals surface area (Å²) in [6, 6.07) is 0.652. The molecule has 1 saturated heterocycles. The second-order valence-electron chi connectivity index (χ2n) is 3.66. The molecule has 0 N–H and O–H groups in total. The molecule has 0 bridgehead atoms. The molecule has 0 aromatic carbocycles. The minimum atomic E-state index is 0.652. The Morgan fingerprint density at radius 1 is 1.54 bits per heavy atom. The van der Waals surface area contributed by atoms with E-state index in [9.17, 15) is 0 Å². The van der Waals surface area contributed by atoms with Gasteiger partial charge in [0, 0.05) is 12.6 Å². The van der Waals surface area contributed by atoms with Crippen LogP contribution in [0.25, 0.3) is 0 Å². The number of hydroxylamine groups is 2. The van der Waals surface area contributed by atoms with Gasteiger partial charge in [-0.15, -0.1) is 6.58 Å². The van der Waals surface area contributed by atoms with E-state index in [4.69, 9.17) is 4.84 Å². The molecule has 1 atom stereocenters. The zero-order valence-corrected chi connectivity index (χ0v) is 8.67. The first-order valence-electron chi connectivity index (χ1n) is 5.39. The summed E-state index contributed by atoms with van der Waals surface area (Å²) in [6.07, 6.45) is 8.26. The van der Waals surface area contributed by atoms with Crippen LogP contribution in [0.5, 0.6) is 0 Å². The van der Waals surface area contributed by atoms with Crippen molar-refractivity contribution >= 4 is 0 Å². The average Bonchev–Trinajstić information content (AvgIpc) is 2.17. The van der Waals surface area contributed by atoms with Crippen LogP contribution < -0.4 is 0 Å². The highest BCUT2D eigenvalue weighted by Crippen LogP contribution is 2.20. The lowest BCUT2D eigenvalue weighted by Gasteiger charge is -2.34. The summed E-state index contributed by atoms with van der Waals surface area (Å²) in [5, 5.41) is 2.16. The van der Waals surface area contributed by atoms with E-state index in [0.29, 0.717) is 12.6 Å². The summed E-state index contributed by atoms with van der Waals surface area (Å²) in [5.74, 6) is 0. The first-order valence-corrected chi connectivity index (χ1v) is 5.39. The van der Waals surface area contributed by atoms with Gasteiger partial charge in [-0.05, 0) is 19.3 Å². The van der Waals surface area contributed by atoms with E-state index in [1.54, 1.807) is 0 Å². The normalized spacial score (nSPS) is 24.5. The predicted molar refractivity (Wildman–Crippen MR) is 55.4 cm³/mol. The molecule has 1 heterocycles. The summed E-state index contributed by atoms with van der Waals surface area (Å²) < 4.78 is 0. The molecule has 1 unspecified atom stereocenters. The van der Waals surface area contributed by atoms with Crippen molar-refractivity contribution in [3.05, 3.63) is 12.7 Å². The van der Waals surface area contributed by atoms with Crippen LogP contribution in [-0.4, -0.2) is 24.3 Å². The van der Waals surface area contributed by atoms with Gasteiger partial charge in [-0.25, -0.2) is 0 Å². The third-order valence-electron chi connectivity index (χ3n) is 2.55. The Morgan fingerprint density at radius 2 is 2.38 bits per heavy atom. The standard InChI is InChI=1S/C11H21NO/c1-3-7-11-8-5-6-9-12(11)13-10-4-2/h4,11H,2-3,5-10H2,1H3. The maximum Gasteiger partial charge on any atom is 0.0864 e. The Kier molecular flexibility index (Phi) is 5.09. The van der Waals surface area contributed by atoms with Crippen LogP contribution in [0.2, 0.25) is 0 Å². The number of rotatable bonds is 5. The molecule has 0 aromatic rings. The SMILES string of the molecule is C=CCON1CCCCC1CCC. The highest BCUT2D eigenvalue weighted by atomic mass is 16.7. The van der Waals surface area contributed by atoms with Crippen LogP contribution in [0.4, 0.5) is 0 Å². The van der Waals surface area contributed by atoms with Crippen molar-refractivity contribution in [2.45, 2.75) is 45.1 Å². The monoisotopic (exact) mass is 183 g/mol. The number of piperidine rings is 1. The van der Waals surface area contributed by atoms with Crippen LogP contribution >= 0.6 is 0 Å². The maximum absolute atomic E-state index is 5.61. The van der Waals surface area contributed by atoms with Crippen molar-refractivity contribution in [3.63, 3.8) is 0 Å². The highest BCUT2D eigenvalue weighted by Gasteiger charge is 2.21. The van der Waals surface area contributed by atoms with Gasteiger partial charge in [-0.3, -0.25) is 4.84 Å². The van der Waals surface area contributed by atoms with E-state index < -0.39 is 0 Å². The fourth-order valence-electron chi connectivity index (χ4n) is 1.91. The topological polar surface area (TPSA) is 12.5 Å². The first-order chi connectivity index (χ1) is 6.38. The molecule has 0 aliphatic carbocycles. The van der Waals surface area contributed by atoms with Crippen molar-refractivity contribution in [3.8, 4) is 0 Å². The lowest BCUT2D eigenvalue weighted by molar-refractivity contribution is -0.190. The predicted octanol–water partition coefficient (Wildman–Crippen LogP) is 2.76. The van der Waals surface area contributed by atoms with Gasteiger partial charge >= 0.3 is 0 Å². The molecular formula is C11H21NO. The molecule has 0 amide bonds. The lowest BCUT2D eigenvalue weighted by Crippen LogP contribution is -2.39. The van der Waals surface area contributed by atoms with Crippen LogP contribution in [-0.2, 0) is 4.84 Å². The Labute approximate surface area is 81.5 Å². The van der Waals surface area contributed by atoms with Crippen molar-refractivity contribution in [1.29, 1.82) is 0 Å². The molecule has 2 nitrogen and oxygen atoms in total. The summed E-state index contributed by atoms with van der Waals surface area (Å²) in [7, 11) is 0. The van der Waals surface area contributed by atoms with Gasteiger partial charge < -0.3 is 0 Å². The molecule has 0 saturated carbocycles. The lowest BCUT2D eigenvalue weighted by atomic mass is 10.0. The second kappa shape index (κ2) is 6.17. The molecule has 13 heavy (non-hydrogen) atoms. The van der Waals surface area contributed by atoms with Gasteiger partial charge in [-0.1, -0.05) is 25.8 Å². The Morgan fingerprint density at radius 3 is 3.08 bits per heavy atom. The average molecular weight is 183 g/mol. The molecule has 76 valence electrons. The fraction of sp³-hybridized carbons (Fsp3) is 0.818. The van der Waals surface area contributed by atoms with E-state index in [2.05, 4.69) is 18.6 Å². The van der Waals surface area contributed by atoms with Crippen molar-refractivity contribution in [2.24, 2.45) is 0 Å². The van der Waals surface area contributed by atoms with Crippen LogP contribution in [0.1, 0.15) is 39.0 Å². The zero-order chi connectivity index (χ0) is 9.52. The van der Waals surface area contributed by atoms with E-state index in [0.717, 1.165) is 6.54 Å². The molecule has 1 aliphatic heterocycles. The number of hydrogen-bond donors (Lipinski definition) is 0. The Balaban J connectivity index is 2.31. The van der Waals surface area contributed by atoms with Gasteiger partial charge in [-0.2, -0.15) is 5.06 Å². The summed E-state index contributed by atoms with van der Waals surface area (Å²) >= 11 is 0. The number of hydrogen-bond acceptors (Lipinski definition) is 2. The maximum atomic E-state index is 5.61. The van der Waals surface area contributed by atoms with Gasteiger partial charge in [0.25, 0.3) is 0 Å². The Hall–Kier alpha value is -0.340. The van der Waals surface area contributed by atoms with Crippen LogP contribution in [0, 0.1) is 0 Å². The highest BCUT2D eigenvalue weighted by molar-refractivity contribution is 4.72. The molecule has 0 radical (unpaired) electrons. The van der Waals surface area contributed by atoms with Gasteiger partial charge in [0.2, 0.25) is 0 Å².